The van der Waals surface area contributed by atoms with E-state index in [2.05, 4.69) is 29.6 Å². The van der Waals surface area contributed by atoms with Crippen LogP contribution in [-0.4, -0.2) is 59.2 Å². The van der Waals surface area contributed by atoms with Gasteiger partial charge in [0.1, 0.15) is 18.2 Å². The highest BCUT2D eigenvalue weighted by Crippen LogP contribution is 2.32. The molecule has 1 unspecified atom stereocenters. The fraction of sp³-hybridized carbons (Fsp3) is 0.500. The third kappa shape index (κ3) is 5.41. The molecule has 164 valence electrons. The van der Waals surface area contributed by atoms with Crippen LogP contribution in [0, 0.1) is 0 Å². The van der Waals surface area contributed by atoms with Gasteiger partial charge >= 0.3 is 0 Å². The predicted octanol–water partition coefficient (Wildman–Crippen LogP) is 3.65. The normalized spacial score (nSPS) is 13.2. The molecular formula is C20H29ClN4O4Si. The minimum absolute atomic E-state index is 0.103. The van der Waals surface area contributed by atoms with Crippen LogP contribution in [0.4, 0.5) is 11.7 Å². The monoisotopic (exact) mass is 452 g/mol. The Kier molecular flexibility index (Phi) is 7.20. The van der Waals surface area contributed by atoms with E-state index < -0.39 is 14.2 Å². The van der Waals surface area contributed by atoms with E-state index in [4.69, 9.17) is 20.8 Å². The Labute approximate surface area is 182 Å². The fourth-order valence-corrected chi connectivity index (χ4v) is 4.03. The van der Waals surface area contributed by atoms with Crippen molar-refractivity contribution in [1.82, 2.24) is 14.5 Å². The molecule has 0 saturated carbocycles. The molecule has 0 spiro atoms. The molecule has 3 rings (SSSR count). The maximum absolute atomic E-state index is 10.0. The molecule has 0 radical (unpaired) electrons. The van der Waals surface area contributed by atoms with Gasteiger partial charge in [-0.1, -0.05) is 19.6 Å². The van der Waals surface area contributed by atoms with E-state index in [1.165, 1.54) is 0 Å². The Morgan fingerprint density at radius 3 is 2.73 bits per heavy atom. The van der Waals surface area contributed by atoms with Crippen molar-refractivity contribution in [2.24, 2.45) is 0 Å². The topological polar surface area (TPSA) is 96.8 Å². The van der Waals surface area contributed by atoms with Crippen LogP contribution >= 0.6 is 11.6 Å². The number of furan rings is 1. The zero-order chi connectivity index (χ0) is 21.9. The van der Waals surface area contributed by atoms with Gasteiger partial charge in [-0.2, -0.15) is 9.97 Å². The van der Waals surface area contributed by atoms with Gasteiger partial charge in [0.25, 0.3) is 0 Å². The highest BCUT2D eigenvalue weighted by Gasteiger charge is 2.21. The number of aromatic nitrogens is 3. The van der Waals surface area contributed by atoms with Crippen molar-refractivity contribution in [2.75, 3.05) is 25.2 Å². The molecule has 3 aromatic rings. The van der Waals surface area contributed by atoms with Gasteiger partial charge in [-0.05, 0) is 29.8 Å². The van der Waals surface area contributed by atoms with Crippen molar-refractivity contribution >= 4 is 42.4 Å². The van der Waals surface area contributed by atoms with Gasteiger partial charge in [0.15, 0.2) is 0 Å². The van der Waals surface area contributed by atoms with Crippen molar-refractivity contribution in [1.29, 1.82) is 0 Å². The smallest absolute Gasteiger partial charge is 0.226 e. The molecule has 2 N–H and O–H groups in total. The molecule has 10 heteroatoms. The first-order chi connectivity index (χ1) is 14.2. The summed E-state index contributed by atoms with van der Waals surface area (Å²) in [7, 11) is 0.621. The van der Waals surface area contributed by atoms with Gasteiger partial charge in [-0.25, -0.2) is 0 Å². The van der Waals surface area contributed by atoms with Gasteiger partial charge in [0.05, 0.1) is 24.4 Å². The Morgan fingerprint density at radius 1 is 1.33 bits per heavy atom. The molecule has 0 aliphatic rings. The molecular weight excluding hydrogens is 424 g/mol. The summed E-state index contributed by atoms with van der Waals surface area (Å²) in [6.07, 6.45) is 0.961. The third-order valence-electron chi connectivity index (χ3n) is 4.82. The number of rotatable bonds is 10. The second-order valence-electron chi connectivity index (χ2n) is 8.52. The Hall–Kier alpha value is -1.91. The van der Waals surface area contributed by atoms with Gasteiger partial charge in [0.2, 0.25) is 11.2 Å². The lowest BCUT2D eigenvalue weighted by Gasteiger charge is -2.18. The van der Waals surface area contributed by atoms with Gasteiger partial charge in [0, 0.05) is 39.9 Å². The van der Waals surface area contributed by atoms with Crippen molar-refractivity contribution in [3.8, 4) is 0 Å². The number of halogens is 1. The Bertz CT molecular complexity index is 971. The second kappa shape index (κ2) is 9.48. The van der Waals surface area contributed by atoms with Crippen LogP contribution in [0.1, 0.15) is 5.69 Å². The van der Waals surface area contributed by atoms with E-state index in [0.717, 1.165) is 17.1 Å². The summed E-state index contributed by atoms with van der Waals surface area (Å²) in [5, 5.41) is 20.2. The summed E-state index contributed by atoms with van der Waals surface area (Å²) in [4.78, 5) is 10.6. The minimum atomic E-state index is -1.21. The average Bonchev–Trinajstić information content (AvgIpc) is 3.32. The van der Waals surface area contributed by atoms with Gasteiger partial charge in [-0.15, -0.1) is 0 Å². The number of nitrogens with zero attached hydrogens (tertiary/aromatic N) is 4. The lowest BCUT2D eigenvalue weighted by molar-refractivity contribution is 0.0777. The van der Waals surface area contributed by atoms with Crippen LogP contribution < -0.4 is 4.90 Å². The summed E-state index contributed by atoms with van der Waals surface area (Å²) in [5.41, 5.74) is 1.39. The number of aliphatic hydroxyl groups is 2. The maximum Gasteiger partial charge on any atom is 0.226 e. The Morgan fingerprint density at radius 2 is 2.10 bits per heavy atom. The summed E-state index contributed by atoms with van der Waals surface area (Å²) < 4.78 is 13.3. The summed E-state index contributed by atoms with van der Waals surface area (Å²) in [6, 6.07) is 6.57. The largest absolute Gasteiger partial charge is 0.448 e. The standard InChI is InChI=1S/C20H29ClN4O4Si/c1-24(17-6-5-7-29-17)18-16-11-14(10-15(27)12-26)25(19(16)23-20(21)22-18)13-28-8-9-30(2,3)4/h5-7,11,15,26-27H,8-10,12-13H2,1-4H3. The van der Waals surface area contributed by atoms with Crippen LogP contribution in [-0.2, 0) is 17.9 Å². The SMILES string of the molecule is CN(c1ccco1)c1nc(Cl)nc2c1cc(CC(O)CO)n2COCC[Si](C)(C)C. The van der Waals surface area contributed by atoms with Crippen molar-refractivity contribution in [2.45, 2.75) is 44.9 Å². The minimum Gasteiger partial charge on any atom is -0.448 e. The predicted molar refractivity (Wildman–Crippen MR) is 120 cm³/mol. The van der Waals surface area contributed by atoms with E-state index >= 15 is 0 Å². The number of anilines is 2. The quantitative estimate of drug-likeness (QED) is 0.275. The lowest BCUT2D eigenvalue weighted by Crippen LogP contribution is -2.22. The number of fused-ring (bicyclic) bond motifs is 1. The van der Waals surface area contributed by atoms with Crippen molar-refractivity contribution in [3.63, 3.8) is 0 Å². The zero-order valence-electron chi connectivity index (χ0n) is 17.8. The number of aliphatic hydroxyl groups excluding tert-OH is 2. The molecule has 0 saturated heterocycles. The summed E-state index contributed by atoms with van der Waals surface area (Å²) in [6.45, 7) is 7.49. The number of hydrogen-bond acceptors (Lipinski definition) is 7. The molecule has 0 fully saturated rings. The van der Waals surface area contributed by atoms with E-state index in [9.17, 15) is 10.2 Å². The third-order valence-corrected chi connectivity index (χ3v) is 6.69. The van der Waals surface area contributed by atoms with Crippen LogP contribution in [0.15, 0.2) is 28.9 Å². The highest BCUT2D eigenvalue weighted by molar-refractivity contribution is 6.76. The molecule has 3 heterocycles. The van der Waals surface area contributed by atoms with E-state index in [1.54, 1.807) is 17.2 Å². The first-order valence-corrected chi connectivity index (χ1v) is 14.0. The molecule has 0 aliphatic heterocycles. The van der Waals surface area contributed by atoms with Crippen LogP contribution in [0.3, 0.4) is 0 Å². The summed E-state index contributed by atoms with van der Waals surface area (Å²) in [5.74, 6) is 1.20. The van der Waals surface area contributed by atoms with E-state index in [1.807, 2.05) is 23.7 Å². The van der Waals surface area contributed by atoms with E-state index in [0.29, 0.717) is 24.0 Å². The molecule has 0 aliphatic carbocycles. The maximum atomic E-state index is 10.0. The van der Waals surface area contributed by atoms with Gasteiger partial charge in [-0.3, -0.25) is 4.90 Å². The molecule has 1 atom stereocenters. The molecule has 0 aromatic carbocycles. The van der Waals surface area contributed by atoms with Crippen molar-refractivity contribution < 1.29 is 19.4 Å². The molecule has 3 aromatic heterocycles. The first kappa shape index (κ1) is 22.8. The first-order valence-electron chi connectivity index (χ1n) is 9.89. The summed E-state index contributed by atoms with van der Waals surface area (Å²) >= 11 is 6.25. The molecule has 0 amide bonds. The van der Waals surface area contributed by atoms with Crippen LogP contribution in [0.25, 0.3) is 11.0 Å². The van der Waals surface area contributed by atoms with Crippen molar-refractivity contribution in [3.05, 3.63) is 35.4 Å². The zero-order valence-corrected chi connectivity index (χ0v) is 19.6. The van der Waals surface area contributed by atoms with Crippen LogP contribution in [0.2, 0.25) is 31.0 Å². The Balaban J connectivity index is 2.00. The lowest BCUT2D eigenvalue weighted by atomic mass is 10.2. The van der Waals surface area contributed by atoms with Crippen LogP contribution in [0.5, 0.6) is 0 Å². The average molecular weight is 453 g/mol. The molecule has 8 nitrogen and oxygen atoms in total. The fourth-order valence-electron chi connectivity index (χ4n) is 3.11. The van der Waals surface area contributed by atoms with Gasteiger partial charge < -0.3 is 23.9 Å². The highest BCUT2D eigenvalue weighted by atomic mass is 35.5. The van der Waals surface area contributed by atoms with E-state index in [-0.39, 0.29) is 25.0 Å². The second-order valence-corrected chi connectivity index (χ2v) is 14.5. The molecule has 30 heavy (non-hydrogen) atoms. The molecule has 0 bridgehead atoms. The number of hydrogen-bond donors (Lipinski definition) is 2. The number of ether oxygens (including phenoxy) is 1.